The van der Waals surface area contributed by atoms with Crippen LogP contribution in [-0.4, -0.2) is 61.7 Å². The predicted molar refractivity (Wildman–Crippen MR) is 59.0 cm³/mol. The second kappa shape index (κ2) is 7.44. The van der Waals surface area contributed by atoms with E-state index in [-0.39, 0.29) is 7.26 Å². The van der Waals surface area contributed by atoms with Gasteiger partial charge in [-0.1, -0.05) is 0 Å². The molecule has 4 N–H and O–H groups in total. The first-order chi connectivity index (χ1) is 6.00. The van der Waals surface area contributed by atoms with Gasteiger partial charge in [0.05, 0.1) is 0 Å². The summed E-state index contributed by atoms with van der Waals surface area (Å²) in [6.07, 6.45) is 0. The van der Waals surface area contributed by atoms with E-state index in [1.807, 2.05) is 0 Å². The average molecular weight is 287 g/mol. The molecule has 0 rings (SSSR count). The van der Waals surface area contributed by atoms with Gasteiger partial charge >= 0.3 is 20.8 Å². The van der Waals surface area contributed by atoms with E-state index in [9.17, 15) is 0 Å². The molecule has 8 nitrogen and oxygen atoms in total. The fourth-order valence-electron chi connectivity index (χ4n) is 0. The molecule has 0 unspecified atom stereocenters. The van der Waals surface area contributed by atoms with E-state index in [0.717, 1.165) is 0 Å². The lowest BCUT2D eigenvalue weighted by molar-refractivity contribution is 0.378. The third-order valence-corrected chi connectivity index (χ3v) is 0. The van der Waals surface area contributed by atoms with E-state index in [4.69, 9.17) is 35.0 Å². The molecule has 0 saturated carbocycles. The molecule has 15 heavy (non-hydrogen) atoms. The third kappa shape index (κ3) is 72600. The Balaban J connectivity index is -0.000000144. The van der Waals surface area contributed by atoms with Gasteiger partial charge in [-0.3, -0.25) is 18.2 Å². The highest BCUT2D eigenvalue weighted by Crippen LogP contribution is 2.40. The molecular formula is C4H16O8PS2+. The number of hydrogen-bond donors (Lipinski definition) is 4. The lowest BCUT2D eigenvalue weighted by Gasteiger charge is -1.97. The first-order valence-electron chi connectivity index (χ1n) is 3.19. The van der Waals surface area contributed by atoms with Gasteiger partial charge < -0.3 is 0 Å². The lowest BCUT2D eigenvalue weighted by atomic mass is 11.8. The van der Waals surface area contributed by atoms with Crippen molar-refractivity contribution in [3.05, 3.63) is 0 Å². The van der Waals surface area contributed by atoms with Crippen molar-refractivity contribution in [2.45, 2.75) is 0 Å². The van der Waals surface area contributed by atoms with Gasteiger partial charge in [-0.25, -0.2) is 0 Å². The van der Waals surface area contributed by atoms with Crippen LogP contribution < -0.4 is 0 Å². The fourth-order valence-corrected chi connectivity index (χ4v) is 0. The van der Waals surface area contributed by atoms with E-state index >= 15 is 0 Å². The average Bonchev–Trinajstić information content (AvgIpc) is 1.41. The van der Waals surface area contributed by atoms with E-state index < -0.39 is 20.8 Å². The van der Waals surface area contributed by atoms with E-state index in [1.165, 1.54) is 0 Å². The van der Waals surface area contributed by atoms with Crippen LogP contribution in [0.2, 0.25) is 0 Å². The normalized spacial score (nSPS) is 11.7. The maximum absolute atomic E-state index is 8.74. The SMILES string of the molecule is C[P+](C)(C)C.O=S(=O)(O)O.O=S(=O)(O)O. The highest BCUT2D eigenvalue weighted by Gasteiger charge is 2.03. The zero-order valence-corrected chi connectivity index (χ0v) is 11.2. The molecule has 96 valence electrons. The van der Waals surface area contributed by atoms with Gasteiger partial charge in [0.1, 0.15) is 0 Å². The van der Waals surface area contributed by atoms with Gasteiger partial charge in [0.15, 0.2) is 0 Å². The van der Waals surface area contributed by atoms with Gasteiger partial charge in [0, 0.05) is 33.9 Å². The van der Waals surface area contributed by atoms with Crippen molar-refractivity contribution in [1.82, 2.24) is 0 Å². The van der Waals surface area contributed by atoms with Gasteiger partial charge in [-0.05, 0) is 0 Å². The Labute approximate surface area is 90.2 Å². The zero-order valence-electron chi connectivity index (χ0n) is 8.69. The Morgan fingerprint density at radius 3 is 0.667 bits per heavy atom. The minimum atomic E-state index is -4.67. The Hall–Kier alpha value is 0.170. The van der Waals surface area contributed by atoms with Crippen molar-refractivity contribution >= 4 is 28.1 Å². The highest BCUT2D eigenvalue weighted by atomic mass is 32.3. The first-order valence-corrected chi connectivity index (χ1v) is 9.56. The molecule has 0 heterocycles. The van der Waals surface area contributed by atoms with Crippen molar-refractivity contribution in [1.29, 1.82) is 0 Å². The van der Waals surface area contributed by atoms with Crippen LogP contribution >= 0.6 is 7.26 Å². The molecule has 0 amide bonds. The highest BCUT2D eigenvalue weighted by molar-refractivity contribution is 7.80. The van der Waals surface area contributed by atoms with Crippen molar-refractivity contribution in [3.63, 3.8) is 0 Å². The molecule has 0 aliphatic rings. The second-order valence-corrected chi connectivity index (χ2v) is 10.7. The molecule has 0 bridgehead atoms. The maximum atomic E-state index is 8.74. The van der Waals surface area contributed by atoms with Crippen LogP contribution in [0.25, 0.3) is 0 Å². The Morgan fingerprint density at radius 1 is 0.667 bits per heavy atom. The molecule has 0 aromatic heterocycles. The Bertz CT molecular complexity index is 283. The number of rotatable bonds is 0. The molecular weight excluding hydrogens is 271 g/mol. The largest absolute Gasteiger partial charge is 0.394 e. The molecule has 0 atom stereocenters. The van der Waals surface area contributed by atoms with Gasteiger partial charge in [0.2, 0.25) is 0 Å². The van der Waals surface area contributed by atoms with Crippen molar-refractivity contribution in [3.8, 4) is 0 Å². The van der Waals surface area contributed by atoms with Crippen LogP contribution in [0, 0.1) is 0 Å². The Morgan fingerprint density at radius 2 is 0.667 bits per heavy atom. The summed E-state index contributed by atoms with van der Waals surface area (Å²) in [5.41, 5.74) is 0. The summed E-state index contributed by atoms with van der Waals surface area (Å²) in [6.45, 7) is 9.19. The molecule has 0 aromatic rings. The van der Waals surface area contributed by atoms with Gasteiger partial charge in [-0.2, -0.15) is 16.8 Å². The molecule has 0 aromatic carbocycles. The first kappa shape index (κ1) is 20.6. The summed E-state index contributed by atoms with van der Waals surface area (Å²) in [4.78, 5) is 0. The summed E-state index contributed by atoms with van der Waals surface area (Å²) in [5, 5.41) is 0. The standard InChI is InChI=1S/C4H12P.2H2O4S/c3*1-5(2,3)4/h1-4H3;2*(H2,1,2,3,4)/q+1;;. The van der Waals surface area contributed by atoms with Crippen molar-refractivity contribution < 1.29 is 35.0 Å². The third-order valence-electron chi connectivity index (χ3n) is 0. The topological polar surface area (TPSA) is 149 Å². The molecule has 0 spiro atoms. The summed E-state index contributed by atoms with van der Waals surface area (Å²) < 4.78 is 63.2. The summed E-state index contributed by atoms with van der Waals surface area (Å²) in [5.74, 6) is 0. The molecule has 0 fully saturated rings. The summed E-state index contributed by atoms with van der Waals surface area (Å²) >= 11 is 0. The van der Waals surface area contributed by atoms with Crippen LogP contribution in [0.15, 0.2) is 0 Å². The summed E-state index contributed by atoms with van der Waals surface area (Å²) in [7, 11) is -9.72. The smallest absolute Gasteiger partial charge is 0.264 e. The minimum Gasteiger partial charge on any atom is -0.264 e. The zero-order chi connectivity index (χ0) is 13.5. The Kier molecular flexibility index (Phi) is 10.2. The van der Waals surface area contributed by atoms with Crippen LogP contribution in [0.4, 0.5) is 0 Å². The molecule has 0 saturated heterocycles. The van der Waals surface area contributed by atoms with E-state index in [2.05, 4.69) is 26.7 Å². The van der Waals surface area contributed by atoms with Crippen LogP contribution in [0.3, 0.4) is 0 Å². The minimum absolute atomic E-state index is 0.389. The molecule has 0 radical (unpaired) electrons. The van der Waals surface area contributed by atoms with Crippen molar-refractivity contribution in [2.75, 3.05) is 26.7 Å². The van der Waals surface area contributed by atoms with E-state index in [0.29, 0.717) is 0 Å². The van der Waals surface area contributed by atoms with Gasteiger partial charge in [-0.15, -0.1) is 0 Å². The molecule has 11 heteroatoms. The van der Waals surface area contributed by atoms with E-state index in [1.54, 1.807) is 0 Å². The van der Waals surface area contributed by atoms with Crippen LogP contribution in [-0.2, 0) is 20.8 Å². The molecule has 0 aliphatic carbocycles. The molecule has 0 aliphatic heterocycles. The quantitative estimate of drug-likeness (QED) is 0.365. The summed E-state index contributed by atoms with van der Waals surface area (Å²) in [6, 6.07) is 0. The monoisotopic (exact) mass is 287 g/mol. The lowest BCUT2D eigenvalue weighted by Crippen LogP contribution is -1.89. The fraction of sp³-hybridized carbons (Fsp3) is 1.00. The van der Waals surface area contributed by atoms with Crippen LogP contribution in [0.1, 0.15) is 0 Å². The number of hydrogen-bond acceptors (Lipinski definition) is 4. The predicted octanol–water partition coefficient (Wildman–Crippen LogP) is 0.218. The van der Waals surface area contributed by atoms with Crippen molar-refractivity contribution in [2.24, 2.45) is 0 Å². The second-order valence-electron chi connectivity index (χ2n) is 3.58. The maximum Gasteiger partial charge on any atom is 0.394 e. The van der Waals surface area contributed by atoms with Gasteiger partial charge in [0.25, 0.3) is 0 Å². The van der Waals surface area contributed by atoms with Crippen LogP contribution in [0.5, 0.6) is 0 Å².